The van der Waals surface area contributed by atoms with Gasteiger partial charge in [0.2, 0.25) is 0 Å². The molecule has 0 amide bonds. The first kappa shape index (κ1) is 21.2. The Kier molecular flexibility index (Phi) is 5.63. The summed E-state index contributed by atoms with van der Waals surface area (Å²) >= 11 is 0. The summed E-state index contributed by atoms with van der Waals surface area (Å²) in [5.74, 6) is -3.00. The van der Waals surface area contributed by atoms with Gasteiger partial charge >= 0.3 is 0 Å². The quantitative estimate of drug-likeness (QED) is 0.444. The van der Waals surface area contributed by atoms with E-state index < -0.39 is 17.4 Å². The second-order valence-electron chi connectivity index (χ2n) is 8.33. The van der Waals surface area contributed by atoms with Crippen LogP contribution in [-0.2, 0) is 5.60 Å². The Balaban J connectivity index is 1.45. The first-order chi connectivity index (χ1) is 14.9. The molecule has 2 fully saturated rings. The maximum Gasteiger partial charge on any atom is 0.252 e. The summed E-state index contributed by atoms with van der Waals surface area (Å²) in [6.07, 6.45) is 4.64. The number of allylic oxidation sites excluding steroid dienone is 1. The molecule has 0 spiro atoms. The van der Waals surface area contributed by atoms with Crippen molar-refractivity contribution in [2.45, 2.75) is 37.2 Å². The highest BCUT2D eigenvalue weighted by molar-refractivity contribution is 5.84. The van der Waals surface area contributed by atoms with Gasteiger partial charge in [0, 0.05) is 44.8 Å². The number of amidine groups is 1. The molecule has 8 heteroatoms. The van der Waals surface area contributed by atoms with Crippen molar-refractivity contribution in [3.05, 3.63) is 59.4 Å². The van der Waals surface area contributed by atoms with Crippen molar-refractivity contribution in [3.8, 4) is 6.07 Å². The van der Waals surface area contributed by atoms with Gasteiger partial charge < -0.3 is 14.9 Å². The fourth-order valence-electron chi connectivity index (χ4n) is 4.29. The van der Waals surface area contributed by atoms with Gasteiger partial charge in [0.15, 0.2) is 0 Å². The van der Waals surface area contributed by atoms with E-state index in [1.54, 1.807) is 11.1 Å². The van der Waals surface area contributed by atoms with E-state index in [4.69, 9.17) is 0 Å². The number of rotatable bonds is 5. The Hall–Kier alpha value is -3.05. The normalized spacial score (nSPS) is 24.7. The van der Waals surface area contributed by atoms with Crippen LogP contribution < -0.4 is 0 Å². The molecular formula is C23H25F2N5O. The summed E-state index contributed by atoms with van der Waals surface area (Å²) in [6.45, 7) is 4.81. The number of nitrogens with zero attached hydrogens (tertiary/aromatic N) is 5. The minimum atomic E-state index is -2.65. The molecule has 31 heavy (non-hydrogen) atoms. The van der Waals surface area contributed by atoms with Crippen LogP contribution in [0.25, 0.3) is 0 Å². The van der Waals surface area contributed by atoms with E-state index in [0.717, 1.165) is 11.3 Å². The maximum absolute atomic E-state index is 13.4. The topological polar surface area (TPSA) is 75.2 Å². The molecule has 1 unspecified atom stereocenters. The van der Waals surface area contributed by atoms with Crippen LogP contribution in [0, 0.1) is 17.2 Å². The maximum atomic E-state index is 13.4. The molecule has 1 N–H and O–H groups in total. The van der Waals surface area contributed by atoms with Crippen molar-refractivity contribution in [2.24, 2.45) is 16.1 Å². The van der Waals surface area contributed by atoms with Crippen LogP contribution in [0.15, 0.2) is 64.1 Å². The molecule has 0 aromatic heterocycles. The molecule has 162 valence electrons. The monoisotopic (exact) mass is 425 g/mol. The molecular weight excluding hydrogens is 400 g/mol. The van der Waals surface area contributed by atoms with Crippen molar-refractivity contribution in [1.82, 2.24) is 9.80 Å². The molecule has 3 aliphatic rings. The highest BCUT2D eigenvalue weighted by atomic mass is 19.3. The molecule has 4 rings (SSSR count). The van der Waals surface area contributed by atoms with Gasteiger partial charge in [-0.15, -0.1) is 5.10 Å². The second-order valence-corrected chi connectivity index (χ2v) is 8.33. The molecule has 0 bridgehead atoms. The third kappa shape index (κ3) is 4.37. The van der Waals surface area contributed by atoms with Crippen LogP contribution >= 0.6 is 0 Å². The van der Waals surface area contributed by atoms with Gasteiger partial charge in [0.1, 0.15) is 5.84 Å². The summed E-state index contributed by atoms with van der Waals surface area (Å²) in [5, 5.41) is 28.3. The SMILES string of the molecule is C=N/N=C(/CC1CC1(F)F)N1C=CC(N2CCC(O)(c3ccccc3)CC2)=C(C#N)C1. The van der Waals surface area contributed by atoms with Crippen LogP contribution in [0.2, 0.25) is 0 Å². The summed E-state index contributed by atoms with van der Waals surface area (Å²) in [4.78, 5) is 3.79. The fraction of sp³-hybridized carbons (Fsp3) is 0.435. The van der Waals surface area contributed by atoms with Gasteiger partial charge in [-0.3, -0.25) is 0 Å². The third-order valence-corrected chi connectivity index (χ3v) is 6.33. The predicted molar refractivity (Wildman–Crippen MR) is 114 cm³/mol. The fourth-order valence-corrected chi connectivity index (χ4v) is 4.29. The second kappa shape index (κ2) is 8.23. The molecule has 1 aromatic carbocycles. The Morgan fingerprint density at radius 3 is 2.52 bits per heavy atom. The van der Waals surface area contributed by atoms with Crippen molar-refractivity contribution in [1.29, 1.82) is 5.26 Å². The molecule has 1 aromatic rings. The number of halogens is 2. The lowest BCUT2D eigenvalue weighted by molar-refractivity contribution is -0.0181. The van der Waals surface area contributed by atoms with Gasteiger partial charge in [-0.25, -0.2) is 8.78 Å². The van der Waals surface area contributed by atoms with Crippen molar-refractivity contribution < 1.29 is 13.9 Å². The number of hydrogen-bond donors (Lipinski definition) is 1. The highest BCUT2D eigenvalue weighted by Crippen LogP contribution is 2.51. The molecule has 0 radical (unpaired) electrons. The van der Waals surface area contributed by atoms with Gasteiger partial charge in [-0.2, -0.15) is 10.4 Å². The van der Waals surface area contributed by atoms with E-state index in [1.807, 2.05) is 36.4 Å². The number of alkyl halides is 2. The summed E-state index contributed by atoms with van der Waals surface area (Å²) in [7, 11) is 0. The Morgan fingerprint density at radius 1 is 1.26 bits per heavy atom. The highest BCUT2D eigenvalue weighted by Gasteiger charge is 2.57. The van der Waals surface area contributed by atoms with Crippen molar-refractivity contribution in [2.75, 3.05) is 19.6 Å². The lowest BCUT2D eigenvalue weighted by atomic mass is 9.84. The lowest BCUT2D eigenvalue weighted by Gasteiger charge is -2.41. The van der Waals surface area contributed by atoms with Crippen LogP contribution in [0.3, 0.4) is 0 Å². The van der Waals surface area contributed by atoms with Crippen LogP contribution in [0.5, 0.6) is 0 Å². The first-order valence-electron chi connectivity index (χ1n) is 10.4. The van der Waals surface area contributed by atoms with E-state index in [1.165, 1.54) is 0 Å². The minimum absolute atomic E-state index is 0.0955. The molecule has 2 aliphatic heterocycles. The molecule has 2 heterocycles. The van der Waals surface area contributed by atoms with Gasteiger partial charge in [0.05, 0.1) is 29.5 Å². The average molecular weight is 425 g/mol. The molecule has 1 atom stereocenters. The molecule has 1 saturated heterocycles. The first-order valence-corrected chi connectivity index (χ1v) is 10.4. The zero-order chi connectivity index (χ0) is 22.1. The van der Waals surface area contributed by atoms with Crippen LogP contribution in [0.4, 0.5) is 8.78 Å². The average Bonchev–Trinajstić information content (AvgIpc) is 3.40. The van der Waals surface area contributed by atoms with Crippen molar-refractivity contribution in [3.63, 3.8) is 0 Å². The summed E-state index contributed by atoms with van der Waals surface area (Å²) in [6, 6.07) is 11.9. The smallest absolute Gasteiger partial charge is 0.252 e. The molecule has 6 nitrogen and oxygen atoms in total. The van der Waals surface area contributed by atoms with E-state index in [0.29, 0.717) is 37.3 Å². The zero-order valence-electron chi connectivity index (χ0n) is 17.2. The van der Waals surface area contributed by atoms with E-state index >= 15 is 0 Å². The van der Waals surface area contributed by atoms with Gasteiger partial charge in [-0.05, 0) is 24.5 Å². The van der Waals surface area contributed by atoms with E-state index in [2.05, 4.69) is 27.9 Å². The van der Waals surface area contributed by atoms with E-state index in [-0.39, 0.29) is 19.4 Å². The number of benzene rings is 1. The van der Waals surface area contributed by atoms with Crippen molar-refractivity contribution >= 4 is 12.6 Å². The third-order valence-electron chi connectivity index (χ3n) is 6.33. The standard InChI is InChI=1S/C23H25F2N5O/c1-27-28-21(13-19-14-23(19,24)25)30-10-7-20(17(15-26)16-30)29-11-8-22(31,9-12-29)18-5-3-2-4-6-18/h2-7,10,19,31H,1,8-9,11-14,16H2/b28-21-. The van der Waals surface area contributed by atoms with Crippen LogP contribution in [0.1, 0.15) is 31.2 Å². The Morgan fingerprint density at radius 2 is 1.94 bits per heavy atom. The largest absolute Gasteiger partial charge is 0.385 e. The number of piperidine rings is 1. The number of likely N-dealkylation sites (tertiary alicyclic amines) is 1. The van der Waals surface area contributed by atoms with E-state index in [9.17, 15) is 19.1 Å². The molecule has 1 saturated carbocycles. The Bertz CT molecular complexity index is 971. The van der Waals surface area contributed by atoms with Crippen LogP contribution in [-0.4, -0.2) is 53.0 Å². The number of nitriles is 1. The molecule has 1 aliphatic carbocycles. The van der Waals surface area contributed by atoms with Gasteiger partial charge in [-0.1, -0.05) is 30.3 Å². The van der Waals surface area contributed by atoms with Gasteiger partial charge in [0.25, 0.3) is 5.92 Å². The Labute approximate surface area is 180 Å². The predicted octanol–water partition coefficient (Wildman–Crippen LogP) is 3.64. The number of hydrogen-bond acceptors (Lipinski definition) is 5. The minimum Gasteiger partial charge on any atom is -0.385 e. The summed E-state index contributed by atoms with van der Waals surface area (Å²) in [5.41, 5.74) is 1.37. The lowest BCUT2D eigenvalue weighted by Crippen LogP contribution is -2.43. The summed E-state index contributed by atoms with van der Waals surface area (Å²) < 4.78 is 26.7. The zero-order valence-corrected chi connectivity index (χ0v) is 17.2. The number of aliphatic hydroxyl groups is 1.